The Morgan fingerprint density at radius 1 is 1.00 bits per heavy atom. The highest BCUT2D eigenvalue weighted by Gasteiger charge is 2.00. The summed E-state index contributed by atoms with van der Waals surface area (Å²) >= 11 is 0. The van der Waals surface area contributed by atoms with Gasteiger partial charge >= 0.3 is 0 Å². The summed E-state index contributed by atoms with van der Waals surface area (Å²) in [5, 5.41) is 4.05. The number of carbonyl (C=O) groups is 1. The van der Waals surface area contributed by atoms with E-state index in [9.17, 15) is 4.79 Å². The predicted octanol–water partition coefficient (Wildman–Crippen LogP) is 5.47. The van der Waals surface area contributed by atoms with Crippen LogP contribution in [-0.4, -0.2) is 12.1 Å². The summed E-state index contributed by atoms with van der Waals surface area (Å²) in [5.41, 5.74) is 4.61. The van der Waals surface area contributed by atoms with Crippen molar-refractivity contribution in [3.8, 4) is 5.75 Å². The Morgan fingerprint density at radius 2 is 1.78 bits per heavy atom. The Hall–Kier alpha value is -2.62. The molecule has 0 atom stereocenters. The SMILES string of the molecule is CCCCCCCCC(=O)N/N=C\c1cccc(OCc2ccccc2)c1. The van der Waals surface area contributed by atoms with Crippen molar-refractivity contribution < 1.29 is 9.53 Å². The smallest absolute Gasteiger partial charge is 0.240 e. The minimum Gasteiger partial charge on any atom is -0.489 e. The van der Waals surface area contributed by atoms with E-state index in [1.807, 2.05) is 54.6 Å². The summed E-state index contributed by atoms with van der Waals surface area (Å²) < 4.78 is 5.80. The fourth-order valence-corrected chi connectivity index (χ4v) is 2.73. The normalized spacial score (nSPS) is 10.9. The molecule has 0 fully saturated rings. The molecule has 0 bridgehead atoms. The van der Waals surface area contributed by atoms with E-state index in [0.29, 0.717) is 13.0 Å². The largest absolute Gasteiger partial charge is 0.489 e. The molecule has 0 saturated carbocycles. The second-order valence-corrected chi connectivity index (χ2v) is 6.66. The number of rotatable bonds is 12. The van der Waals surface area contributed by atoms with Gasteiger partial charge in [-0.15, -0.1) is 0 Å². The van der Waals surface area contributed by atoms with E-state index in [0.717, 1.165) is 29.7 Å². The van der Waals surface area contributed by atoms with Gasteiger partial charge in [-0.2, -0.15) is 5.10 Å². The number of hydrogen-bond donors (Lipinski definition) is 1. The maximum absolute atomic E-state index is 11.8. The van der Waals surface area contributed by atoms with Gasteiger partial charge in [0.15, 0.2) is 0 Å². The number of hydrazone groups is 1. The molecule has 0 aliphatic rings. The molecule has 1 N–H and O–H groups in total. The molecule has 4 nitrogen and oxygen atoms in total. The lowest BCUT2D eigenvalue weighted by Crippen LogP contribution is -2.16. The van der Waals surface area contributed by atoms with Crippen LogP contribution in [-0.2, 0) is 11.4 Å². The Balaban J connectivity index is 1.69. The van der Waals surface area contributed by atoms with Crippen LogP contribution in [0.4, 0.5) is 0 Å². The molecule has 144 valence electrons. The Labute approximate surface area is 162 Å². The monoisotopic (exact) mass is 366 g/mol. The number of carbonyl (C=O) groups excluding carboxylic acids is 1. The average molecular weight is 367 g/mol. The van der Waals surface area contributed by atoms with E-state index in [1.54, 1.807) is 6.21 Å². The lowest BCUT2D eigenvalue weighted by molar-refractivity contribution is -0.121. The van der Waals surface area contributed by atoms with E-state index in [1.165, 1.54) is 25.7 Å². The number of nitrogens with zero attached hydrogens (tertiary/aromatic N) is 1. The number of ether oxygens (including phenoxy) is 1. The third-order valence-corrected chi connectivity index (χ3v) is 4.27. The lowest BCUT2D eigenvalue weighted by Gasteiger charge is -2.06. The predicted molar refractivity (Wildman–Crippen MR) is 111 cm³/mol. The maximum Gasteiger partial charge on any atom is 0.240 e. The van der Waals surface area contributed by atoms with Gasteiger partial charge in [-0.25, -0.2) is 5.43 Å². The summed E-state index contributed by atoms with van der Waals surface area (Å²) in [7, 11) is 0. The fourth-order valence-electron chi connectivity index (χ4n) is 2.73. The number of unbranched alkanes of at least 4 members (excludes halogenated alkanes) is 5. The lowest BCUT2D eigenvalue weighted by atomic mass is 10.1. The van der Waals surface area contributed by atoms with Gasteiger partial charge in [0.05, 0.1) is 6.21 Å². The molecule has 0 heterocycles. The van der Waals surface area contributed by atoms with Gasteiger partial charge in [-0.05, 0) is 29.7 Å². The first-order valence-corrected chi connectivity index (χ1v) is 9.86. The van der Waals surface area contributed by atoms with Crippen LogP contribution in [0.25, 0.3) is 0 Å². The third-order valence-electron chi connectivity index (χ3n) is 4.27. The topological polar surface area (TPSA) is 50.7 Å². The maximum atomic E-state index is 11.8. The molecule has 0 aliphatic carbocycles. The van der Waals surface area contributed by atoms with Crippen LogP contribution in [0.15, 0.2) is 59.7 Å². The molecule has 2 aromatic carbocycles. The van der Waals surface area contributed by atoms with Crippen molar-refractivity contribution in [3.05, 3.63) is 65.7 Å². The zero-order valence-corrected chi connectivity index (χ0v) is 16.2. The van der Waals surface area contributed by atoms with Crippen molar-refractivity contribution in [3.63, 3.8) is 0 Å². The third kappa shape index (κ3) is 9.04. The summed E-state index contributed by atoms with van der Waals surface area (Å²) in [6, 6.07) is 17.7. The summed E-state index contributed by atoms with van der Waals surface area (Å²) in [5.74, 6) is 0.749. The molecule has 1 amide bonds. The zero-order chi connectivity index (χ0) is 19.2. The first-order valence-electron chi connectivity index (χ1n) is 9.86. The number of hydrogen-bond acceptors (Lipinski definition) is 3. The summed E-state index contributed by atoms with van der Waals surface area (Å²) in [6.45, 7) is 2.73. The second kappa shape index (κ2) is 12.7. The van der Waals surface area contributed by atoms with E-state index < -0.39 is 0 Å². The minimum atomic E-state index is -0.0294. The number of amides is 1. The Morgan fingerprint density at radius 3 is 2.59 bits per heavy atom. The van der Waals surface area contributed by atoms with Crippen LogP contribution in [0.2, 0.25) is 0 Å². The van der Waals surface area contributed by atoms with E-state index in [-0.39, 0.29) is 5.91 Å². The molecule has 27 heavy (non-hydrogen) atoms. The molecule has 0 unspecified atom stereocenters. The van der Waals surface area contributed by atoms with Crippen molar-refractivity contribution in [2.75, 3.05) is 0 Å². The average Bonchev–Trinajstić information content (AvgIpc) is 2.70. The van der Waals surface area contributed by atoms with Crippen LogP contribution in [0, 0.1) is 0 Å². The van der Waals surface area contributed by atoms with Crippen molar-refractivity contribution >= 4 is 12.1 Å². The minimum absolute atomic E-state index is 0.0294. The molecule has 0 radical (unpaired) electrons. The molecule has 2 aromatic rings. The summed E-state index contributed by atoms with van der Waals surface area (Å²) in [4.78, 5) is 11.8. The molecule has 0 aromatic heterocycles. The molecule has 0 spiro atoms. The van der Waals surface area contributed by atoms with Gasteiger partial charge < -0.3 is 4.74 Å². The van der Waals surface area contributed by atoms with E-state index >= 15 is 0 Å². The van der Waals surface area contributed by atoms with Crippen LogP contribution in [0.3, 0.4) is 0 Å². The summed E-state index contributed by atoms with van der Waals surface area (Å²) in [6.07, 6.45) is 9.21. The molecular formula is C23H30N2O2. The van der Waals surface area contributed by atoms with Gasteiger partial charge in [0.1, 0.15) is 12.4 Å². The van der Waals surface area contributed by atoms with Crippen LogP contribution in [0.1, 0.15) is 63.0 Å². The molecule has 4 heteroatoms. The molecule has 0 aliphatic heterocycles. The highest BCUT2D eigenvalue weighted by atomic mass is 16.5. The van der Waals surface area contributed by atoms with Crippen LogP contribution in [0.5, 0.6) is 5.75 Å². The van der Waals surface area contributed by atoms with Crippen molar-refractivity contribution in [1.29, 1.82) is 0 Å². The van der Waals surface area contributed by atoms with Crippen LogP contribution >= 0.6 is 0 Å². The Bertz CT molecular complexity index is 699. The van der Waals surface area contributed by atoms with Crippen LogP contribution < -0.4 is 10.2 Å². The standard InChI is InChI=1S/C23H30N2O2/c1-2-3-4-5-6-10-16-23(26)25-24-18-21-14-11-15-22(17-21)27-19-20-12-8-7-9-13-20/h7-9,11-15,17-18H,2-6,10,16,19H2,1H3,(H,25,26)/b24-18-. The van der Waals surface area contributed by atoms with Crippen molar-refractivity contribution in [2.45, 2.75) is 58.5 Å². The van der Waals surface area contributed by atoms with Gasteiger partial charge in [0.25, 0.3) is 0 Å². The number of benzene rings is 2. The molecular weight excluding hydrogens is 336 g/mol. The fraction of sp³-hybridized carbons (Fsp3) is 0.391. The van der Waals surface area contributed by atoms with E-state index in [2.05, 4.69) is 17.5 Å². The van der Waals surface area contributed by atoms with Crippen molar-refractivity contribution in [2.24, 2.45) is 5.10 Å². The van der Waals surface area contributed by atoms with Gasteiger partial charge in [0.2, 0.25) is 5.91 Å². The van der Waals surface area contributed by atoms with Gasteiger partial charge in [-0.3, -0.25) is 4.79 Å². The highest BCUT2D eigenvalue weighted by Crippen LogP contribution is 2.14. The first kappa shape index (κ1) is 20.7. The van der Waals surface area contributed by atoms with E-state index in [4.69, 9.17) is 4.74 Å². The Kier molecular flexibility index (Phi) is 9.72. The quantitative estimate of drug-likeness (QED) is 0.308. The molecule has 0 saturated heterocycles. The number of nitrogens with one attached hydrogen (secondary N) is 1. The van der Waals surface area contributed by atoms with Gasteiger partial charge in [-0.1, -0.05) is 81.5 Å². The zero-order valence-electron chi connectivity index (χ0n) is 16.2. The van der Waals surface area contributed by atoms with Crippen molar-refractivity contribution in [1.82, 2.24) is 5.43 Å². The second-order valence-electron chi connectivity index (χ2n) is 6.66. The molecule has 2 rings (SSSR count). The highest BCUT2D eigenvalue weighted by molar-refractivity contribution is 5.82. The van der Waals surface area contributed by atoms with Gasteiger partial charge in [0, 0.05) is 6.42 Å². The first-order chi connectivity index (χ1) is 13.3.